The minimum absolute atomic E-state index is 0.167. The molecule has 0 radical (unpaired) electrons. The van der Waals surface area contributed by atoms with Gasteiger partial charge in [-0.25, -0.2) is 0 Å². The number of hydrogen-bond donors (Lipinski definition) is 1. The van der Waals surface area contributed by atoms with Gasteiger partial charge in [0, 0.05) is 42.9 Å². The molecule has 2 aromatic carbocycles. The fraction of sp³-hybridized carbons (Fsp3) is 0.316. The molecule has 0 aliphatic carbocycles. The molecule has 1 amide bonds. The van der Waals surface area contributed by atoms with Gasteiger partial charge >= 0.3 is 0 Å². The largest absolute Gasteiger partial charge is 0.369 e. The number of benzene rings is 2. The van der Waals surface area contributed by atoms with Crippen molar-refractivity contribution in [2.45, 2.75) is 6.54 Å². The third kappa shape index (κ3) is 4.54. The maximum absolute atomic E-state index is 12.5. The van der Waals surface area contributed by atoms with E-state index in [0.717, 1.165) is 36.2 Å². The van der Waals surface area contributed by atoms with Gasteiger partial charge in [-0.3, -0.25) is 4.79 Å². The first-order valence-electron chi connectivity index (χ1n) is 8.29. The second-order valence-corrected chi connectivity index (χ2v) is 7.55. The van der Waals surface area contributed by atoms with Crippen LogP contribution in [0.5, 0.6) is 0 Å². The van der Waals surface area contributed by atoms with E-state index in [2.05, 4.69) is 50.2 Å². The lowest BCUT2D eigenvalue weighted by Gasteiger charge is -2.35. The van der Waals surface area contributed by atoms with E-state index in [4.69, 9.17) is 11.6 Å². The van der Waals surface area contributed by atoms with E-state index in [1.807, 2.05) is 18.2 Å². The fourth-order valence-corrected chi connectivity index (χ4v) is 3.52. The van der Waals surface area contributed by atoms with E-state index in [-0.39, 0.29) is 5.91 Å². The van der Waals surface area contributed by atoms with Gasteiger partial charge in [-0.1, -0.05) is 45.7 Å². The predicted octanol–water partition coefficient (Wildman–Crippen LogP) is 3.78. The van der Waals surface area contributed by atoms with Gasteiger partial charge in [0.25, 0.3) is 5.91 Å². The molecule has 0 bridgehead atoms. The van der Waals surface area contributed by atoms with Gasteiger partial charge in [0.1, 0.15) is 0 Å². The molecule has 132 valence electrons. The molecule has 1 fully saturated rings. The third-order valence-electron chi connectivity index (χ3n) is 4.45. The fourth-order valence-electron chi connectivity index (χ4n) is 2.96. The van der Waals surface area contributed by atoms with E-state index in [9.17, 15) is 4.79 Å². The molecule has 0 unspecified atom stereocenters. The average molecular weight is 423 g/mol. The summed E-state index contributed by atoms with van der Waals surface area (Å²) in [4.78, 5) is 17.2. The molecule has 3 rings (SSSR count). The van der Waals surface area contributed by atoms with Crippen molar-refractivity contribution in [1.29, 1.82) is 0 Å². The molecule has 1 heterocycles. The lowest BCUT2D eigenvalue weighted by atomic mass is 10.1. The number of likely N-dealkylation sites (N-methyl/N-ethyl adjacent to an activating group) is 1. The molecule has 1 N–H and O–H groups in total. The normalized spacial score (nSPS) is 15.2. The lowest BCUT2D eigenvalue weighted by Crippen LogP contribution is -2.45. The summed E-state index contributed by atoms with van der Waals surface area (Å²) in [5, 5.41) is 3.44. The number of para-hydroxylation sites is 1. The van der Waals surface area contributed by atoms with Crippen molar-refractivity contribution < 1.29 is 4.79 Å². The van der Waals surface area contributed by atoms with Crippen LogP contribution in [0.2, 0.25) is 5.02 Å². The number of halogens is 2. The zero-order valence-electron chi connectivity index (χ0n) is 14.1. The summed E-state index contributed by atoms with van der Waals surface area (Å²) in [5.41, 5.74) is 2.79. The average Bonchev–Trinajstić information content (AvgIpc) is 2.63. The Kier molecular flexibility index (Phi) is 5.99. The van der Waals surface area contributed by atoms with Gasteiger partial charge in [0.15, 0.2) is 0 Å². The number of carbonyl (C=O) groups is 1. The number of nitrogens with one attached hydrogen (secondary N) is 1. The summed E-state index contributed by atoms with van der Waals surface area (Å²) in [7, 11) is 2.14. The number of piperazine rings is 1. The van der Waals surface area contributed by atoms with Crippen LogP contribution in [-0.2, 0) is 6.54 Å². The van der Waals surface area contributed by atoms with Crippen LogP contribution in [0.15, 0.2) is 46.9 Å². The predicted molar refractivity (Wildman–Crippen MR) is 106 cm³/mol. The second kappa shape index (κ2) is 8.21. The Hall–Kier alpha value is -1.56. The summed E-state index contributed by atoms with van der Waals surface area (Å²) < 4.78 is 0.833. The van der Waals surface area contributed by atoms with Crippen molar-refractivity contribution >= 4 is 39.1 Å². The van der Waals surface area contributed by atoms with Crippen molar-refractivity contribution in [2.75, 3.05) is 38.1 Å². The first-order chi connectivity index (χ1) is 12.0. The number of rotatable bonds is 4. The van der Waals surface area contributed by atoms with E-state index in [1.165, 1.54) is 5.69 Å². The number of hydrogen-bond acceptors (Lipinski definition) is 3. The van der Waals surface area contributed by atoms with Gasteiger partial charge in [-0.15, -0.1) is 0 Å². The Morgan fingerprint density at radius 2 is 1.88 bits per heavy atom. The van der Waals surface area contributed by atoms with Gasteiger partial charge in [0.2, 0.25) is 0 Å². The molecule has 1 aliphatic rings. The van der Waals surface area contributed by atoms with E-state index >= 15 is 0 Å². The van der Waals surface area contributed by atoms with E-state index in [0.29, 0.717) is 17.1 Å². The maximum atomic E-state index is 12.5. The number of amides is 1. The van der Waals surface area contributed by atoms with Crippen LogP contribution >= 0.6 is 27.5 Å². The van der Waals surface area contributed by atoms with Crippen LogP contribution in [0.1, 0.15) is 15.9 Å². The highest BCUT2D eigenvalue weighted by Crippen LogP contribution is 2.23. The van der Waals surface area contributed by atoms with Crippen molar-refractivity contribution in [1.82, 2.24) is 10.2 Å². The standard InChI is InChI=1S/C19H21BrClN3O/c1-23-8-10-24(11-9-23)18-5-3-2-4-14(18)13-22-19(25)16-12-15(20)6-7-17(16)21/h2-7,12H,8-11,13H2,1H3,(H,22,25). The molecule has 0 spiro atoms. The van der Waals surface area contributed by atoms with Crippen molar-refractivity contribution in [3.8, 4) is 0 Å². The third-order valence-corrected chi connectivity index (χ3v) is 5.27. The number of anilines is 1. The quantitative estimate of drug-likeness (QED) is 0.814. The zero-order valence-corrected chi connectivity index (χ0v) is 16.5. The van der Waals surface area contributed by atoms with Crippen molar-refractivity contribution in [2.24, 2.45) is 0 Å². The van der Waals surface area contributed by atoms with Gasteiger partial charge in [-0.2, -0.15) is 0 Å². The minimum Gasteiger partial charge on any atom is -0.369 e. The number of carbonyl (C=O) groups excluding carboxylic acids is 1. The molecule has 0 atom stereocenters. The Bertz CT molecular complexity index is 760. The van der Waals surface area contributed by atoms with Crippen molar-refractivity contribution in [3.05, 3.63) is 63.1 Å². The Morgan fingerprint density at radius 3 is 2.64 bits per heavy atom. The summed E-state index contributed by atoms with van der Waals surface area (Å²) in [5.74, 6) is -0.167. The Morgan fingerprint density at radius 1 is 1.16 bits per heavy atom. The zero-order chi connectivity index (χ0) is 17.8. The highest BCUT2D eigenvalue weighted by atomic mass is 79.9. The van der Waals surface area contributed by atoms with Crippen molar-refractivity contribution in [3.63, 3.8) is 0 Å². The Balaban J connectivity index is 1.71. The van der Waals surface area contributed by atoms with Crippen LogP contribution in [0.3, 0.4) is 0 Å². The maximum Gasteiger partial charge on any atom is 0.253 e. The first-order valence-corrected chi connectivity index (χ1v) is 9.46. The molecule has 25 heavy (non-hydrogen) atoms. The molecule has 0 saturated carbocycles. The summed E-state index contributed by atoms with van der Waals surface area (Å²) >= 11 is 9.52. The van der Waals surface area contributed by atoms with Crippen LogP contribution in [0, 0.1) is 0 Å². The summed E-state index contributed by atoms with van der Waals surface area (Å²) in [6.45, 7) is 4.57. The molecular weight excluding hydrogens is 402 g/mol. The highest BCUT2D eigenvalue weighted by Gasteiger charge is 2.17. The molecule has 4 nitrogen and oxygen atoms in total. The Labute approximate surface area is 161 Å². The van der Waals surface area contributed by atoms with Crippen LogP contribution in [0.25, 0.3) is 0 Å². The molecule has 6 heteroatoms. The van der Waals surface area contributed by atoms with Gasteiger partial charge in [-0.05, 0) is 36.9 Å². The van der Waals surface area contributed by atoms with E-state index < -0.39 is 0 Å². The SMILES string of the molecule is CN1CCN(c2ccccc2CNC(=O)c2cc(Br)ccc2Cl)CC1. The monoisotopic (exact) mass is 421 g/mol. The smallest absolute Gasteiger partial charge is 0.253 e. The van der Waals surface area contributed by atoms with Crippen LogP contribution in [0.4, 0.5) is 5.69 Å². The second-order valence-electron chi connectivity index (χ2n) is 6.23. The molecule has 0 aromatic heterocycles. The van der Waals surface area contributed by atoms with Crippen LogP contribution in [-0.4, -0.2) is 44.0 Å². The molecule has 2 aromatic rings. The highest BCUT2D eigenvalue weighted by molar-refractivity contribution is 9.10. The minimum atomic E-state index is -0.167. The van der Waals surface area contributed by atoms with E-state index in [1.54, 1.807) is 12.1 Å². The summed E-state index contributed by atoms with van der Waals surface area (Å²) in [6.07, 6.45) is 0. The number of nitrogens with zero attached hydrogens (tertiary/aromatic N) is 2. The molecule has 1 saturated heterocycles. The molecular formula is C19H21BrClN3O. The summed E-state index contributed by atoms with van der Waals surface area (Å²) in [6, 6.07) is 13.5. The first kappa shape index (κ1) is 18.2. The lowest BCUT2D eigenvalue weighted by molar-refractivity contribution is 0.0951. The molecule has 1 aliphatic heterocycles. The van der Waals surface area contributed by atoms with Gasteiger partial charge in [0.05, 0.1) is 10.6 Å². The topological polar surface area (TPSA) is 35.6 Å². The van der Waals surface area contributed by atoms with Crippen LogP contribution < -0.4 is 10.2 Å². The van der Waals surface area contributed by atoms with Gasteiger partial charge < -0.3 is 15.1 Å².